The van der Waals surface area contributed by atoms with E-state index in [9.17, 15) is 4.57 Å². The lowest BCUT2D eigenvalue weighted by molar-refractivity contribution is 0.276. The standard InChI is InChI=1S/C25H32NO4P/c1-29-23-11-6-9-20(18-23)8-2-3-10-21-14-15-22(25-13-5-4-12-24(21)25)19-26-16-7-17-30-31(27)28/h4-6,9,11-15,18,26,31H,2-3,7-8,10,16-17,19H2,1H3,(H,27,28). The lowest BCUT2D eigenvalue weighted by Gasteiger charge is -2.12. The summed E-state index contributed by atoms with van der Waals surface area (Å²) in [7, 11) is -1.11. The third-order valence-electron chi connectivity index (χ3n) is 5.44. The van der Waals surface area contributed by atoms with Crippen LogP contribution in [0.2, 0.25) is 0 Å². The summed E-state index contributed by atoms with van der Waals surface area (Å²) < 4.78 is 20.6. The van der Waals surface area contributed by atoms with Crippen molar-refractivity contribution in [3.05, 3.63) is 77.4 Å². The van der Waals surface area contributed by atoms with Gasteiger partial charge in [0.15, 0.2) is 0 Å². The van der Waals surface area contributed by atoms with Crippen LogP contribution in [0.25, 0.3) is 10.8 Å². The number of rotatable bonds is 13. The van der Waals surface area contributed by atoms with E-state index in [2.05, 4.69) is 59.9 Å². The molecule has 0 saturated heterocycles. The molecule has 6 heteroatoms. The molecule has 1 unspecified atom stereocenters. The molecule has 0 fully saturated rings. The molecular weight excluding hydrogens is 409 g/mol. The number of benzene rings is 3. The number of methoxy groups -OCH3 is 1. The number of ether oxygens (including phenoxy) is 1. The fourth-order valence-corrected chi connectivity index (χ4v) is 4.17. The lowest BCUT2D eigenvalue weighted by atomic mass is 9.95. The van der Waals surface area contributed by atoms with Crippen LogP contribution in [0.4, 0.5) is 0 Å². The molecule has 0 radical (unpaired) electrons. The zero-order valence-electron chi connectivity index (χ0n) is 18.1. The molecule has 3 rings (SSSR count). The number of hydrogen-bond acceptors (Lipinski definition) is 4. The Kier molecular flexibility index (Phi) is 9.57. The van der Waals surface area contributed by atoms with Crippen LogP contribution < -0.4 is 10.1 Å². The second-order valence-corrected chi connectivity index (χ2v) is 8.45. The normalized spacial score (nSPS) is 12.2. The van der Waals surface area contributed by atoms with Crippen molar-refractivity contribution in [2.45, 2.75) is 38.6 Å². The van der Waals surface area contributed by atoms with Crippen LogP contribution in [0.3, 0.4) is 0 Å². The minimum atomic E-state index is -2.82. The van der Waals surface area contributed by atoms with Crippen molar-refractivity contribution >= 4 is 19.0 Å². The largest absolute Gasteiger partial charge is 0.497 e. The van der Waals surface area contributed by atoms with Gasteiger partial charge >= 0.3 is 8.25 Å². The zero-order chi connectivity index (χ0) is 21.9. The van der Waals surface area contributed by atoms with Gasteiger partial charge in [-0.3, -0.25) is 4.57 Å². The van der Waals surface area contributed by atoms with Gasteiger partial charge in [0, 0.05) is 6.54 Å². The van der Waals surface area contributed by atoms with Crippen molar-refractivity contribution in [2.75, 3.05) is 20.3 Å². The third kappa shape index (κ3) is 7.48. The summed E-state index contributed by atoms with van der Waals surface area (Å²) in [4.78, 5) is 8.69. The minimum Gasteiger partial charge on any atom is -0.497 e. The van der Waals surface area contributed by atoms with Crippen molar-refractivity contribution in [2.24, 2.45) is 0 Å². The summed E-state index contributed by atoms with van der Waals surface area (Å²) in [5, 5.41) is 6.02. The summed E-state index contributed by atoms with van der Waals surface area (Å²) in [6.07, 6.45) is 5.13. The first-order valence-electron chi connectivity index (χ1n) is 10.9. The SMILES string of the molecule is COc1cccc(CCCCc2ccc(CNCCCO[PH](=O)O)c3ccccc23)c1. The predicted octanol–water partition coefficient (Wildman–Crippen LogP) is 5.29. The van der Waals surface area contributed by atoms with Crippen LogP contribution in [0.15, 0.2) is 60.7 Å². The monoisotopic (exact) mass is 441 g/mol. The van der Waals surface area contributed by atoms with Crippen molar-refractivity contribution in [1.29, 1.82) is 0 Å². The Bertz CT molecular complexity index is 992. The molecule has 0 amide bonds. The number of aryl methyl sites for hydroxylation is 2. The van der Waals surface area contributed by atoms with Gasteiger partial charge in [0.2, 0.25) is 0 Å². The van der Waals surface area contributed by atoms with Gasteiger partial charge in [-0.1, -0.05) is 48.5 Å². The first-order chi connectivity index (χ1) is 15.2. The molecule has 1 atom stereocenters. The Hall–Kier alpha value is -2.17. The van der Waals surface area contributed by atoms with E-state index in [0.717, 1.165) is 44.5 Å². The molecule has 0 aliphatic carbocycles. The molecular formula is C25H32NO4P. The summed E-state index contributed by atoms with van der Waals surface area (Å²) in [5.41, 5.74) is 3.99. The van der Waals surface area contributed by atoms with Crippen LogP contribution in [-0.4, -0.2) is 25.2 Å². The molecule has 0 saturated carbocycles. The third-order valence-corrected chi connectivity index (χ3v) is 5.89. The summed E-state index contributed by atoms with van der Waals surface area (Å²) >= 11 is 0. The van der Waals surface area contributed by atoms with E-state index in [4.69, 9.17) is 14.2 Å². The van der Waals surface area contributed by atoms with E-state index >= 15 is 0 Å². The molecule has 5 nitrogen and oxygen atoms in total. The Morgan fingerprint density at radius 3 is 2.42 bits per heavy atom. The van der Waals surface area contributed by atoms with Crippen LogP contribution in [0.5, 0.6) is 5.75 Å². The molecule has 3 aromatic rings. The highest BCUT2D eigenvalue weighted by atomic mass is 31.1. The smallest absolute Gasteiger partial charge is 0.316 e. The van der Waals surface area contributed by atoms with Gasteiger partial charge in [-0.15, -0.1) is 0 Å². The van der Waals surface area contributed by atoms with Gasteiger partial charge in [-0.25, -0.2) is 0 Å². The van der Waals surface area contributed by atoms with E-state index < -0.39 is 8.25 Å². The molecule has 166 valence electrons. The van der Waals surface area contributed by atoms with Crippen molar-refractivity contribution in [3.63, 3.8) is 0 Å². The van der Waals surface area contributed by atoms with Gasteiger partial charge < -0.3 is 19.5 Å². The zero-order valence-corrected chi connectivity index (χ0v) is 19.1. The number of nitrogens with one attached hydrogen (secondary N) is 1. The van der Waals surface area contributed by atoms with E-state index in [1.807, 2.05) is 6.07 Å². The molecule has 0 aromatic heterocycles. The fraction of sp³-hybridized carbons (Fsp3) is 0.360. The Morgan fingerprint density at radius 1 is 0.903 bits per heavy atom. The van der Waals surface area contributed by atoms with Gasteiger partial charge in [-0.05, 0) is 78.2 Å². The van der Waals surface area contributed by atoms with Crippen molar-refractivity contribution < 1.29 is 18.7 Å². The molecule has 0 aliphatic heterocycles. The Morgan fingerprint density at radius 2 is 1.65 bits per heavy atom. The summed E-state index contributed by atoms with van der Waals surface area (Å²) in [6, 6.07) is 21.4. The van der Waals surface area contributed by atoms with E-state index in [0.29, 0.717) is 13.0 Å². The highest BCUT2D eigenvalue weighted by molar-refractivity contribution is 7.32. The number of unbranched alkanes of at least 4 members (excludes halogenated alkanes) is 1. The average molecular weight is 442 g/mol. The molecule has 0 heterocycles. The van der Waals surface area contributed by atoms with Gasteiger partial charge in [0.1, 0.15) is 5.75 Å². The highest BCUT2D eigenvalue weighted by Crippen LogP contribution is 2.25. The molecule has 31 heavy (non-hydrogen) atoms. The van der Waals surface area contributed by atoms with Crippen LogP contribution in [0, 0.1) is 0 Å². The first kappa shape index (κ1) is 23.5. The topological polar surface area (TPSA) is 67.8 Å². The van der Waals surface area contributed by atoms with Crippen molar-refractivity contribution in [1.82, 2.24) is 5.32 Å². The molecule has 3 aromatic carbocycles. The summed E-state index contributed by atoms with van der Waals surface area (Å²) in [5.74, 6) is 0.921. The van der Waals surface area contributed by atoms with Crippen LogP contribution in [0.1, 0.15) is 36.0 Å². The maximum atomic E-state index is 10.6. The number of fused-ring (bicyclic) bond motifs is 1. The second kappa shape index (κ2) is 12.6. The average Bonchev–Trinajstić information content (AvgIpc) is 2.79. The molecule has 0 bridgehead atoms. The molecule has 2 N–H and O–H groups in total. The van der Waals surface area contributed by atoms with E-state index in [1.165, 1.54) is 27.5 Å². The van der Waals surface area contributed by atoms with Crippen LogP contribution >= 0.6 is 8.25 Å². The second-order valence-electron chi connectivity index (χ2n) is 7.63. The Labute approximate surface area is 185 Å². The van der Waals surface area contributed by atoms with Crippen molar-refractivity contribution in [3.8, 4) is 5.75 Å². The first-order valence-corrected chi connectivity index (χ1v) is 12.1. The van der Waals surface area contributed by atoms with Gasteiger partial charge in [-0.2, -0.15) is 0 Å². The highest BCUT2D eigenvalue weighted by Gasteiger charge is 2.06. The van der Waals surface area contributed by atoms with Crippen LogP contribution in [-0.2, 0) is 28.5 Å². The predicted molar refractivity (Wildman–Crippen MR) is 127 cm³/mol. The quantitative estimate of drug-likeness (QED) is 0.279. The maximum Gasteiger partial charge on any atom is 0.316 e. The van der Waals surface area contributed by atoms with Gasteiger partial charge in [0.05, 0.1) is 13.7 Å². The molecule has 0 spiro atoms. The number of hydrogen-bond donors (Lipinski definition) is 2. The van der Waals surface area contributed by atoms with Gasteiger partial charge in [0.25, 0.3) is 0 Å². The molecule has 0 aliphatic rings. The van der Waals surface area contributed by atoms with E-state index in [1.54, 1.807) is 7.11 Å². The maximum absolute atomic E-state index is 10.6. The minimum absolute atomic E-state index is 0.302. The lowest BCUT2D eigenvalue weighted by Crippen LogP contribution is -2.16. The fourth-order valence-electron chi connectivity index (χ4n) is 3.85. The Balaban J connectivity index is 1.53. The summed E-state index contributed by atoms with van der Waals surface area (Å²) in [6.45, 7) is 1.82. The van der Waals surface area contributed by atoms with E-state index in [-0.39, 0.29) is 0 Å².